The molecule has 0 atom stereocenters. The summed E-state index contributed by atoms with van der Waals surface area (Å²) in [5, 5.41) is 3.18. The van der Waals surface area contributed by atoms with Crippen molar-refractivity contribution in [2.75, 3.05) is 19.3 Å². The van der Waals surface area contributed by atoms with Gasteiger partial charge in [-0.15, -0.1) is 0 Å². The lowest BCUT2D eigenvalue weighted by molar-refractivity contribution is 0.00578. The minimum Gasteiger partial charge on any atom is -0.400 e. The molecule has 0 bridgehead atoms. The number of rotatable bonds is 4. The zero-order valence-corrected chi connectivity index (χ0v) is 14.5. The minimum absolute atomic E-state index is 0.345. The number of nitrogen functional groups attached to an aromatic ring is 1. The molecule has 0 radical (unpaired) electrons. The quantitative estimate of drug-likeness (QED) is 0.663. The summed E-state index contributed by atoms with van der Waals surface area (Å²) in [6.07, 6.45) is 2.07. The van der Waals surface area contributed by atoms with Crippen LogP contribution in [0.1, 0.15) is 38.8 Å². The summed E-state index contributed by atoms with van der Waals surface area (Å²) in [4.78, 5) is 0. The molecule has 1 saturated heterocycles. The number of nitrogens with one attached hydrogen (secondary N) is 1. The summed E-state index contributed by atoms with van der Waals surface area (Å²) in [5.74, 6) is 0. The van der Waals surface area contributed by atoms with Crippen molar-refractivity contribution in [1.82, 2.24) is 5.32 Å². The van der Waals surface area contributed by atoms with Crippen LogP contribution in [0, 0.1) is 6.92 Å². The second-order valence-electron chi connectivity index (χ2n) is 6.97. The number of likely N-dealkylation sites (N-methyl/N-ethyl adjacent to an activating group) is 1. The van der Waals surface area contributed by atoms with Crippen LogP contribution in [0.2, 0.25) is 0 Å². The fourth-order valence-electron chi connectivity index (χ4n) is 2.42. The maximum atomic E-state index is 6.15. The van der Waals surface area contributed by atoms with Crippen molar-refractivity contribution in [2.45, 2.75) is 45.8 Å². The zero-order chi connectivity index (χ0) is 16.5. The fraction of sp³-hybridized carbons (Fsp3) is 0.529. The predicted molar refractivity (Wildman–Crippen MR) is 93.6 cm³/mol. The van der Waals surface area contributed by atoms with Gasteiger partial charge < -0.3 is 20.4 Å². The van der Waals surface area contributed by atoms with Crippen LogP contribution in [0.25, 0.3) is 6.08 Å². The molecule has 0 aliphatic carbocycles. The van der Waals surface area contributed by atoms with Gasteiger partial charge >= 0.3 is 7.12 Å². The predicted octanol–water partition coefficient (Wildman–Crippen LogP) is 2.81. The van der Waals surface area contributed by atoms with Crippen LogP contribution >= 0.6 is 0 Å². The van der Waals surface area contributed by atoms with E-state index in [1.165, 1.54) is 5.56 Å². The van der Waals surface area contributed by atoms with Gasteiger partial charge in [-0.2, -0.15) is 0 Å². The summed E-state index contributed by atoms with van der Waals surface area (Å²) < 4.78 is 12.3. The van der Waals surface area contributed by atoms with Crippen LogP contribution in [0.5, 0.6) is 0 Å². The lowest BCUT2D eigenvalue weighted by Gasteiger charge is -2.32. The van der Waals surface area contributed by atoms with E-state index >= 15 is 0 Å². The highest BCUT2D eigenvalue weighted by atomic mass is 16.7. The van der Waals surface area contributed by atoms with Gasteiger partial charge in [-0.1, -0.05) is 23.8 Å². The second-order valence-corrected chi connectivity index (χ2v) is 6.97. The molecule has 0 aromatic heterocycles. The molecule has 0 amide bonds. The molecule has 1 aromatic carbocycles. The van der Waals surface area contributed by atoms with Gasteiger partial charge in [0.15, 0.2) is 0 Å². The molecule has 1 heterocycles. The molecule has 0 spiro atoms. The Labute approximate surface area is 134 Å². The van der Waals surface area contributed by atoms with E-state index in [4.69, 9.17) is 15.0 Å². The molecule has 1 aliphatic rings. The van der Waals surface area contributed by atoms with Gasteiger partial charge in [0.2, 0.25) is 0 Å². The number of benzene rings is 1. The summed E-state index contributed by atoms with van der Waals surface area (Å²) in [6, 6.07) is 6.03. The van der Waals surface area contributed by atoms with Crippen molar-refractivity contribution in [1.29, 1.82) is 0 Å². The maximum Gasteiger partial charge on any atom is 0.491 e. The third-order valence-electron chi connectivity index (χ3n) is 4.52. The fourth-order valence-corrected chi connectivity index (χ4v) is 2.42. The van der Waals surface area contributed by atoms with E-state index in [9.17, 15) is 0 Å². The van der Waals surface area contributed by atoms with E-state index in [0.29, 0.717) is 6.54 Å². The largest absolute Gasteiger partial charge is 0.491 e. The lowest BCUT2D eigenvalue weighted by atomic mass is 9.76. The first-order chi connectivity index (χ1) is 10.2. The van der Waals surface area contributed by atoms with Crippen molar-refractivity contribution in [3.8, 4) is 0 Å². The highest BCUT2D eigenvalue weighted by Crippen LogP contribution is 2.38. The Hall–Kier alpha value is -1.30. The second kappa shape index (κ2) is 6.07. The molecule has 22 heavy (non-hydrogen) atoms. The van der Waals surface area contributed by atoms with Gasteiger partial charge in [-0.25, -0.2) is 0 Å². The van der Waals surface area contributed by atoms with E-state index < -0.39 is 0 Å². The van der Waals surface area contributed by atoms with Gasteiger partial charge in [0.05, 0.1) is 11.2 Å². The van der Waals surface area contributed by atoms with Gasteiger partial charge in [0, 0.05) is 12.2 Å². The van der Waals surface area contributed by atoms with Crippen molar-refractivity contribution in [3.05, 3.63) is 34.8 Å². The first kappa shape index (κ1) is 17.1. The zero-order valence-electron chi connectivity index (χ0n) is 14.5. The van der Waals surface area contributed by atoms with Crippen molar-refractivity contribution in [2.24, 2.45) is 0 Å². The molecule has 3 N–H and O–H groups in total. The SMILES string of the molecule is CNCC(=Cc1cc(C)ccc1N)B1OC(C)(C)C(C)(C)O1. The van der Waals surface area contributed by atoms with Crippen LogP contribution < -0.4 is 11.1 Å². The number of hydrogen-bond donors (Lipinski definition) is 2. The topological polar surface area (TPSA) is 56.5 Å². The first-order valence-electron chi connectivity index (χ1n) is 7.73. The summed E-state index contributed by atoms with van der Waals surface area (Å²) in [6.45, 7) is 11.0. The van der Waals surface area contributed by atoms with E-state index in [2.05, 4.69) is 52.1 Å². The van der Waals surface area contributed by atoms with Crippen LogP contribution in [0.15, 0.2) is 23.7 Å². The van der Waals surface area contributed by atoms with Crippen LogP contribution in [-0.2, 0) is 9.31 Å². The molecule has 0 unspecified atom stereocenters. The number of anilines is 1. The normalized spacial score (nSPS) is 20.5. The van der Waals surface area contributed by atoms with E-state index in [-0.39, 0.29) is 18.3 Å². The van der Waals surface area contributed by atoms with Gasteiger partial charge in [0.25, 0.3) is 0 Å². The van der Waals surface area contributed by atoms with Crippen molar-refractivity contribution in [3.63, 3.8) is 0 Å². The smallest absolute Gasteiger partial charge is 0.400 e. The Morgan fingerprint density at radius 1 is 1.23 bits per heavy atom. The highest BCUT2D eigenvalue weighted by molar-refractivity contribution is 6.56. The Balaban J connectivity index is 2.35. The Kier molecular flexibility index (Phi) is 4.71. The lowest BCUT2D eigenvalue weighted by Crippen LogP contribution is -2.41. The number of aryl methyl sites for hydroxylation is 1. The number of hydrogen-bond acceptors (Lipinski definition) is 4. The van der Waals surface area contributed by atoms with E-state index in [0.717, 1.165) is 16.7 Å². The molecule has 2 rings (SSSR count). The van der Waals surface area contributed by atoms with E-state index in [1.807, 2.05) is 19.2 Å². The average molecular weight is 302 g/mol. The van der Waals surface area contributed by atoms with E-state index in [1.54, 1.807) is 0 Å². The molecule has 0 saturated carbocycles. The van der Waals surface area contributed by atoms with Crippen LogP contribution in [0.3, 0.4) is 0 Å². The summed E-state index contributed by atoms with van der Waals surface area (Å²) >= 11 is 0. The summed E-state index contributed by atoms with van der Waals surface area (Å²) in [7, 11) is 1.55. The maximum absolute atomic E-state index is 6.15. The monoisotopic (exact) mass is 302 g/mol. The Morgan fingerprint density at radius 2 is 1.82 bits per heavy atom. The van der Waals surface area contributed by atoms with Gasteiger partial charge in [-0.3, -0.25) is 0 Å². The standard InChI is InChI=1S/C17H27BN2O2/c1-12-7-8-15(19)13(9-12)10-14(11-20-6)18-21-16(2,3)17(4,5)22-18/h7-10,20H,11,19H2,1-6H3. The Bertz CT molecular complexity index is 566. The van der Waals surface area contributed by atoms with Gasteiger partial charge in [0.1, 0.15) is 0 Å². The Morgan fingerprint density at radius 3 is 2.36 bits per heavy atom. The van der Waals surface area contributed by atoms with Gasteiger partial charge in [-0.05, 0) is 58.8 Å². The third kappa shape index (κ3) is 3.37. The third-order valence-corrected chi connectivity index (χ3v) is 4.52. The first-order valence-corrected chi connectivity index (χ1v) is 7.73. The summed E-state index contributed by atoms with van der Waals surface area (Å²) in [5.41, 5.74) is 9.38. The average Bonchev–Trinajstić information content (AvgIpc) is 2.62. The highest BCUT2D eigenvalue weighted by Gasteiger charge is 2.52. The van der Waals surface area contributed by atoms with Crippen molar-refractivity contribution >= 4 is 18.9 Å². The molecule has 4 nitrogen and oxygen atoms in total. The molecular weight excluding hydrogens is 275 g/mol. The minimum atomic E-state index is -0.364. The van der Waals surface area contributed by atoms with Crippen LogP contribution in [0.4, 0.5) is 5.69 Å². The molecule has 5 heteroatoms. The molecule has 1 fully saturated rings. The van der Waals surface area contributed by atoms with Crippen molar-refractivity contribution < 1.29 is 9.31 Å². The number of nitrogens with two attached hydrogens (primary N) is 1. The molecule has 1 aromatic rings. The van der Waals surface area contributed by atoms with Crippen LogP contribution in [-0.4, -0.2) is 31.9 Å². The molecule has 1 aliphatic heterocycles. The molecule has 120 valence electrons. The molecular formula is C17H27BN2O2.